The van der Waals surface area contributed by atoms with Crippen molar-refractivity contribution >= 4 is 35.8 Å². The summed E-state index contributed by atoms with van der Waals surface area (Å²) in [5.41, 5.74) is 3.46. The Kier molecular flexibility index (Phi) is 11.3. The zero-order valence-corrected chi connectivity index (χ0v) is 22.0. The third-order valence-corrected chi connectivity index (χ3v) is 5.13. The maximum Gasteiger partial charge on any atom is 0.258 e. The Morgan fingerprint density at radius 3 is 2.52 bits per heavy atom. The number of carbonyl (C=O) groups is 1. The molecule has 1 amide bonds. The van der Waals surface area contributed by atoms with E-state index < -0.39 is 0 Å². The van der Waals surface area contributed by atoms with Gasteiger partial charge in [0.1, 0.15) is 11.5 Å². The molecule has 0 atom stereocenters. The number of amides is 1. The van der Waals surface area contributed by atoms with Gasteiger partial charge in [-0.15, -0.1) is 24.0 Å². The average molecular weight is 566 g/mol. The molecule has 1 fully saturated rings. The van der Waals surface area contributed by atoms with Gasteiger partial charge in [-0.05, 0) is 62.4 Å². The first-order valence-electron chi connectivity index (χ1n) is 11.2. The normalized spacial score (nSPS) is 13.0. The van der Waals surface area contributed by atoms with Crippen LogP contribution in [0.3, 0.4) is 0 Å². The summed E-state index contributed by atoms with van der Waals surface area (Å²) in [5, 5.41) is 9.60. The Balaban J connectivity index is 0.00000385. The fourth-order valence-electron chi connectivity index (χ4n) is 3.22. The van der Waals surface area contributed by atoms with E-state index in [1.54, 1.807) is 7.05 Å². The van der Waals surface area contributed by atoms with Gasteiger partial charge in [-0.2, -0.15) is 0 Å². The maximum atomic E-state index is 11.7. The lowest BCUT2D eigenvalue weighted by Gasteiger charge is -2.15. The topological polar surface area (TPSA) is 84.0 Å². The molecule has 0 saturated heterocycles. The van der Waals surface area contributed by atoms with Crippen molar-refractivity contribution < 1.29 is 14.3 Å². The minimum Gasteiger partial charge on any atom is -0.494 e. The Hall–Kier alpha value is -2.49. The zero-order chi connectivity index (χ0) is 22.8. The van der Waals surface area contributed by atoms with Gasteiger partial charge in [-0.1, -0.05) is 24.3 Å². The number of aryl methyl sites for hydroxylation is 1. The van der Waals surface area contributed by atoms with Crippen molar-refractivity contribution in [2.45, 2.75) is 45.7 Å². The van der Waals surface area contributed by atoms with Crippen LogP contribution < -0.4 is 25.4 Å². The average Bonchev–Trinajstić information content (AvgIpc) is 3.61. The number of hydrogen-bond acceptors (Lipinski definition) is 4. The highest BCUT2D eigenvalue weighted by Gasteiger charge is 2.23. The van der Waals surface area contributed by atoms with E-state index in [9.17, 15) is 4.79 Å². The third kappa shape index (κ3) is 9.49. The molecule has 2 aromatic carbocycles. The number of ether oxygens (including phenoxy) is 2. The molecule has 1 aliphatic carbocycles. The predicted octanol–water partition coefficient (Wildman–Crippen LogP) is 3.58. The number of halogens is 1. The lowest BCUT2D eigenvalue weighted by Crippen LogP contribution is -2.37. The second kappa shape index (κ2) is 13.9. The SMILES string of the molecule is CCOc1cc(C)ccc1CNC(=NC)NCCc1ccc(OCC(=O)NC2CC2)cc1.I. The van der Waals surface area contributed by atoms with Gasteiger partial charge >= 0.3 is 0 Å². The van der Waals surface area contributed by atoms with Crippen molar-refractivity contribution in [1.82, 2.24) is 16.0 Å². The predicted molar refractivity (Wildman–Crippen MR) is 143 cm³/mol. The van der Waals surface area contributed by atoms with Gasteiger partial charge in [0.25, 0.3) is 5.91 Å². The molecule has 180 valence electrons. The van der Waals surface area contributed by atoms with E-state index in [2.05, 4.69) is 46.1 Å². The van der Waals surface area contributed by atoms with E-state index >= 15 is 0 Å². The molecule has 2 aromatic rings. The standard InChI is InChI=1S/C25H34N4O3.HI/c1-4-31-23-15-18(2)5-8-20(23)16-28-25(26-3)27-14-13-19-6-11-22(12-7-19)32-17-24(30)29-21-9-10-21;/h5-8,11-12,15,21H,4,9-10,13-14,16-17H2,1-3H3,(H,29,30)(H2,26,27,28);1H. The fraction of sp³-hybridized carbons (Fsp3) is 0.440. The molecular weight excluding hydrogens is 531 g/mol. The molecule has 3 rings (SSSR count). The quantitative estimate of drug-likeness (QED) is 0.220. The molecule has 0 spiro atoms. The van der Waals surface area contributed by atoms with Gasteiger partial charge in [0.2, 0.25) is 0 Å². The Labute approximate surface area is 213 Å². The first kappa shape index (κ1) is 26.8. The number of nitrogens with one attached hydrogen (secondary N) is 3. The second-order valence-corrected chi connectivity index (χ2v) is 7.92. The van der Waals surface area contributed by atoms with Crippen LogP contribution in [0, 0.1) is 6.92 Å². The monoisotopic (exact) mass is 566 g/mol. The molecule has 0 unspecified atom stereocenters. The van der Waals surface area contributed by atoms with Crippen molar-refractivity contribution in [3.05, 3.63) is 59.2 Å². The van der Waals surface area contributed by atoms with E-state index in [-0.39, 0.29) is 36.5 Å². The van der Waals surface area contributed by atoms with E-state index in [0.717, 1.165) is 43.1 Å². The number of guanidine groups is 1. The summed E-state index contributed by atoms with van der Waals surface area (Å²) in [6.45, 7) is 6.13. The Bertz CT molecular complexity index is 914. The van der Waals surface area contributed by atoms with Crippen LogP contribution in [-0.4, -0.2) is 44.7 Å². The van der Waals surface area contributed by atoms with Gasteiger partial charge in [-0.3, -0.25) is 9.79 Å². The number of carbonyl (C=O) groups excluding carboxylic acids is 1. The zero-order valence-electron chi connectivity index (χ0n) is 19.6. The van der Waals surface area contributed by atoms with Crippen LogP contribution in [0.15, 0.2) is 47.5 Å². The van der Waals surface area contributed by atoms with Gasteiger partial charge < -0.3 is 25.4 Å². The van der Waals surface area contributed by atoms with Gasteiger partial charge in [-0.25, -0.2) is 0 Å². The highest BCUT2D eigenvalue weighted by molar-refractivity contribution is 14.0. The first-order valence-corrected chi connectivity index (χ1v) is 11.2. The van der Waals surface area contributed by atoms with Crippen molar-refractivity contribution in [3.63, 3.8) is 0 Å². The Morgan fingerprint density at radius 1 is 1.09 bits per heavy atom. The summed E-state index contributed by atoms with van der Waals surface area (Å²) in [5.74, 6) is 2.30. The smallest absolute Gasteiger partial charge is 0.258 e. The van der Waals surface area contributed by atoms with Crippen LogP contribution in [0.5, 0.6) is 11.5 Å². The number of aliphatic imine (C=N–C) groups is 1. The molecule has 0 heterocycles. The summed E-state index contributed by atoms with van der Waals surface area (Å²) < 4.78 is 11.3. The molecule has 1 aliphatic rings. The van der Waals surface area contributed by atoms with Crippen LogP contribution in [-0.2, 0) is 17.8 Å². The van der Waals surface area contributed by atoms with E-state index in [1.165, 1.54) is 11.1 Å². The van der Waals surface area contributed by atoms with Crippen LogP contribution in [0.25, 0.3) is 0 Å². The van der Waals surface area contributed by atoms with Crippen molar-refractivity contribution in [3.8, 4) is 11.5 Å². The van der Waals surface area contributed by atoms with Crippen LogP contribution in [0.1, 0.15) is 36.5 Å². The molecule has 33 heavy (non-hydrogen) atoms. The molecule has 0 aliphatic heterocycles. The molecule has 7 nitrogen and oxygen atoms in total. The first-order chi connectivity index (χ1) is 15.6. The molecule has 8 heteroatoms. The number of rotatable bonds is 11. The minimum absolute atomic E-state index is 0. The lowest BCUT2D eigenvalue weighted by molar-refractivity contribution is -0.123. The largest absolute Gasteiger partial charge is 0.494 e. The van der Waals surface area contributed by atoms with Crippen LogP contribution in [0.2, 0.25) is 0 Å². The van der Waals surface area contributed by atoms with E-state index in [0.29, 0.717) is 24.9 Å². The summed E-state index contributed by atoms with van der Waals surface area (Å²) >= 11 is 0. The number of nitrogens with zero attached hydrogens (tertiary/aromatic N) is 1. The third-order valence-electron chi connectivity index (χ3n) is 5.13. The summed E-state index contributed by atoms with van der Waals surface area (Å²) in [6, 6.07) is 14.4. The van der Waals surface area contributed by atoms with Gasteiger partial charge in [0.05, 0.1) is 6.61 Å². The van der Waals surface area contributed by atoms with E-state index in [1.807, 2.05) is 31.2 Å². The van der Waals surface area contributed by atoms with Crippen LogP contribution in [0.4, 0.5) is 0 Å². The Morgan fingerprint density at radius 2 is 1.85 bits per heavy atom. The summed E-state index contributed by atoms with van der Waals surface area (Å²) in [4.78, 5) is 16.0. The van der Waals surface area contributed by atoms with Gasteiger partial charge in [0, 0.05) is 31.7 Å². The van der Waals surface area contributed by atoms with Gasteiger partial charge in [0.15, 0.2) is 12.6 Å². The molecule has 0 bridgehead atoms. The second-order valence-electron chi connectivity index (χ2n) is 7.92. The molecular formula is C25H35IN4O3. The number of hydrogen-bond donors (Lipinski definition) is 3. The lowest BCUT2D eigenvalue weighted by atomic mass is 10.1. The highest BCUT2D eigenvalue weighted by atomic mass is 127. The molecule has 0 aromatic heterocycles. The van der Waals surface area contributed by atoms with Crippen LogP contribution >= 0.6 is 24.0 Å². The van der Waals surface area contributed by atoms with Crippen molar-refractivity contribution in [2.24, 2.45) is 4.99 Å². The number of benzene rings is 2. The maximum absolute atomic E-state index is 11.7. The highest BCUT2D eigenvalue weighted by Crippen LogP contribution is 2.20. The summed E-state index contributed by atoms with van der Waals surface area (Å²) in [6.07, 6.45) is 3.00. The van der Waals surface area contributed by atoms with Crippen molar-refractivity contribution in [2.75, 3.05) is 26.8 Å². The minimum atomic E-state index is -0.0568. The molecule has 3 N–H and O–H groups in total. The molecule has 1 saturated carbocycles. The van der Waals surface area contributed by atoms with Crippen molar-refractivity contribution in [1.29, 1.82) is 0 Å². The summed E-state index contributed by atoms with van der Waals surface area (Å²) in [7, 11) is 1.76. The molecule has 0 radical (unpaired) electrons. The van der Waals surface area contributed by atoms with E-state index in [4.69, 9.17) is 9.47 Å². The fourth-order valence-corrected chi connectivity index (χ4v) is 3.22.